The van der Waals surface area contributed by atoms with Crippen LogP contribution in [0.5, 0.6) is 0 Å². The Morgan fingerprint density at radius 2 is 2.00 bits per heavy atom. The number of anilines is 1. The van der Waals surface area contributed by atoms with E-state index in [4.69, 9.17) is 0 Å². The lowest BCUT2D eigenvalue weighted by molar-refractivity contribution is 0.0987. The predicted molar refractivity (Wildman–Crippen MR) is 55.5 cm³/mol. The summed E-state index contributed by atoms with van der Waals surface area (Å²) in [6.07, 6.45) is 0. The molecule has 18 heavy (non-hydrogen) atoms. The molecule has 1 aromatic heterocycles. The fourth-order valence-corrected chi connectivity index (χ4v) is 1.28. The number of nitrogens with one attached hydrogen (secondary N) is 1. The highest BCUT2D eigenvalue weighted by Gasteiger charge is 2.17. The van der Waals surface area contributed by atoms with Crippen LogP contribution in [0.2, 0.25) is 0 Å². The number of hydrogen-bond acceptors (Lipinski definition) is 3. The molecule has 0 saturated carbocycles. The van der Waals surface area contributed by atoms with Crippen molar-refractivity contribution in [3.05, 3.63) is 47.1 Å². The third-order valence-electron chi connectivity index (χ3n) is 2.14. The number of benzene rings is 1. The van der Waals surface area contributed by atoms with Gasteiger partial charge in [-0.3, -0.25) is 4.79 Å². The highest BCUT2D eigenvalue weighted by molar-refractivity contribution is 6.02. The van der Waals surface area contributed by atoms with E-state index >= 15 is 0 Å². The van der Waals surface area contributed by atoms with E-state index in [0.29, 0.717) is 11.8 Å². The van der Waals surface area contributed by atoms with Gasteiger partial charge in [0.05, 0.1) is 11.4 Å². The standard InChI is InChI=1S/C11H7F3N2O2/c1-5-4-8(18-16-5)11(17)15-7-3-2-6(12)9(13)10(7)14/h2-4H,1H3,(H,15,17). The smallest absolute Gasteiger partial charge is 0.294 e. The van der Waals surface area contributed by atoms with E-state index in [0.717, 1.165) is 6.07 Å². The topological polar surface area (TPSA) is 55.1 Å². The summed E-state index contributed by atoms with van der Waals surface area (Å²) in [4.78, 5) is 11.5. The molecule has 1 heterocycles. The fraction of sp³-hybridized carbons (Fsp3) is 0.0909. The van der Waals surface area contributed by atoms with Crippen molar-refractivity contribution in [3.63, 3.8) is 0 Å². The Kier molecular flexibility index (Phi) is 3.05. The molecule has 0 unspecified atom stereocenters. The first-order valence-electron chi connectivity index (χ1n) is 4.87. The van der Waals surface area contributed by atoms with Crippen LogP contribution in [-0.2, 0) is 0 Å². The monoisotopic (exact) mass is 256 g/mol. The first-order valence-corrected chi connectivity index (χ1v) is 4.87. The van der Waals surface area contributed by atoms with Crippen molar-refractivity contribution in [2.45, 2.75) is 6.92 Å². The second kappa shape index (κ2) is 4.52. The van der Waals surface area contributed by atoms with Crippen molar-refractivity contribution in [1.29, 1.82) is 0 Å². The summed E-state index contributed by atoms with van der Waals surface area (Å²) < 4.78 is 43.5. The van der Waals surface area contributed by atoms with E-state index in [1.165, 1.54) is 6.07 Å². The molecule has 2 aromatic rings. The van der Waals surface area contributed by atoms with Crippen molar-refractivity contribution >= 4 is 11.6 Å². The molecule has 1 aromatic carbocycles. The lowest BCUT2D eigenvalue weighted by atomic mass is 10.2. The zero-order chi connectivity index (χ0) is 13.3. The zero-order valence-electron chi connectivity index (χ0n) is 9.13. The quantitative estimate of drug-likeness (QED) is 0.840. The summed E-state index contributed by atoms with van der Waals surface area (Å²) in [5.41, 5.74) is -0.0149. The van der Waals surface area contributed by atoms with Crippen molar-refractivity contribution < 1.29 is 22.5 Å². The van der Waals surface area contributed by atoms with Crippen molar-refractivity contribution in [2.24, 2.45) is 0 Å². The highest BCUT2D eigenvalue weighted by atomic mass is 19.2. The molecule has 0 bridgehead atoms. The number of carbonyl (C=O) groups is 1. The van der Waals surface area contributed by atoms with Gasteiger partial charge in [0.1, 0.15) is 0 Å². The molecule has 0 atom stereocenters. The van der Waals surface area contributed by atoms with Gasteiger partial charge < -0.3 is 9.84 Å². The van der Waals surface area contributed by atoms with E-state index in [1.807, 2.05) is 0 Å². The molecule has 0 saturated heterocycles. The van der Waals surface area contributed by atoms with Crippen LogP contribution in [0.25, 0.3) is 0 Å². The summed E-state index contributed by atoms with van der Waals surface area (Å²) in [6.45, 7) is 1.60. The number of amides is 1. The second-order valence-corrected chi connectivity index (χ2v) is 3.51. The first-order chi connectivity index (χ1) is 8.49. The maximum atomic E-state index is 13.3. The van der Waals surface area contributed by atoms with Crippen LogP contribution in [-0.4, -0.2) is 11.1 Å². The van der Waals surface area contributed by atoms with Crippen LogP contribution in [0.3, 0.4) is 0 Å². The van der Waals surface area contributed by atoms with Crippen molar-refractivity contribution in [1.82, 2.24) is 5.16 Å². The number of aromatic nitrogens is 1. The van der Waals surface area contributed by atoms with E-state index in [1.54, 1.807) is 6.92 Å². The van der Waals surface area contributed by atoms with Gasteiger partial charge in [-0.15, -0.1) is 0 Å². The molecule has 0 spiro atoms. The number of carbonyl (C=O) groups excluding carboxylic acids is 1. The minimum Gasteiger partial charge on any atom is -0.351 e. The first kappa shape index (κ1) is 12.2. The molecular weight excluding hydrogens is 249 g/mol. The molecule has 0 radical (unpaired) electrons. The molecule has 2 rings (SSSR count). The summed E-state index contributed by atoms with van der Waals surface area (Å²) in [5.74, 6) is -5.42. The second-order valence-electron chi connectivity index (χ2n) is 3.51. The molecule has 4 nitrogen and oxygen atoms in total. The predicted octanol–water partition coefficient (Wildman–Crippen LogP) is 2.65. The van der Waals surface area contributed by atoms with E-state index in [-0.39, 0.29) is 5.76 Å². The Morgan fingerprint density at radius 1 is 1.28 bits per heavy atom. The number of hydrogen-bond donors (Lipinski definition) is 1. The van der Waals surface area contributed by atoms with E-state index < -0.39 is 29.0 Å². The van der Waals surface area contributed by atoms with Crippen LogP contribution in [0.4, 0.5) is 18.9 Å². The lowest BCUT2D eigenvalue weighted by Crippen LogP contribution is -2.13. The van der Waals surface area contributed by atoms with Crippen LogP contribution in [0, 0.1) is 24.4 Å². The summed E-state index contributed by atoms with van der Waals surface area (Å²) in [6, 6.07) is 2.95. The molecule has 1 amide bonds. The van der Waals surface area contributed by atoms with Crippen LogP contribution in [0.15, 0.2) is 22.7 Å². The molecule has 7 heteroatoms. The highest BCUT2D eigenvalue weighted by Crippen LogP contribution is 2.20. The van der Waals surface area contributed by atoms with Gasteiger partial charge in [-0.05, 0) is 19.1 Å². The normalized spacial score (nSPS) is 10.4. The van der Waals surface area contributed by atoms with Crippen molar-refractivity contribution in [3.8, 4) is 0 Å². The SMILES string of the molecule is Cc1cc(C(=O)Nc2ccc(F)c(F)c2F)on1. The van der Waals surface area contributed by atoms with Gasteiger partial charge in [0.2, 0.25) is 5.76 Å². The summed E-state index contributed by atoms with van der Waals surface area (Å²) in [7, 11) is 0. The third-order valence-corrected chi connectivity index (χ3v) is 2.14. The Labute approximate surface area is 99.4 Å². The summed E-state index contributed by atoms with van der Waals surface area (Å²) >= 11 is 0. The van der Waals surface area contributed by atoms with E-state index in [9.17, 15) is 18.0 Å². The zero-order valence-corrected chi connectivity index (χ0v) is 9.13. The van der Waals surface area contributed by atoms with Gasteiger partial charge in [-0.25, -0.2) is 13.2 Å². The molecule has 0 fully saturated rings. The molecular formula is C11H7F3N2O2. The van der Waals surface area contributed by atoms with Gasteiger partial charge in [0.15, 0.2) is 17.5 Å². The minimum absolute atomic E-state index is 0.156. The number of aryl methyl sites for hydroxylation is 1. The molecule has 0 aliphatic rings. The van der Waals surface area contributed by atoms with Gasteiger partial charge in [0.25, 0.3) is 5.91 Å². The van der Waals surface area contributed by atoms with Crippen LogP contribution < -0.4 is 5.32 Å². The maximum absolute atomic E-state index is 13.3. The fourth-order valence-electron chi connectivity index (χ4n) is 1.28. The van der Waals surface area contributed by atoms with Crippen molar-refractivity contribution in [2.75, 3.05) is 5.32 Å². The van der Waals surface area contributed by atoms with Crippen LogP contribution in [0.1, 0.15) is 16.2 Å². The number of halogens is 3. The Morgan fingerprint density at radius 3 is 2.61 bits per heavy atom. The molecule has 0 aliphatic carbocycles. The average Bonchev–Trinajstić information content (AvgIpc) is 2.77. The largest absolute Gasteiger partial charge is 0.351 e. The molecule has 0 aliphatic heterocycles. The Hall–Kier alpha value is -2.31. The average molecular weight is 256 g/mol. The Balaban J connectivity index is 2.25. The number of nitrogens with zero attached hydrogens (tertiary/aromatic N) is 1. The Bertz CT molecular complexity index is 610. The maximum Gasteiger partial charge on any atom is 0.294 e. The molecule has 94 valence electrons. The van der Waals surface area contributed by atoms with E-state index in [2.05, 4.69) is 15.0 Å². The minimum atomic E-state index is -1.65. The van der Waals surface area contributed by atoms with Gasteiger partial charge >= 0.3 is 0 Å². The lowest BCUT2D eigenvalue weighted by Gasteiger charge is -2.05. The van der Waals surface area contributed by atoms with Gasteiger partial charge in [0, 0.05) is 6.07 Å². The van der Waals surface area contributed by atoms with Gasteiger partial charge in [-0.2, -0.15) is 0 Å². The number of rotatable bonds is 2. The van der Waals surface area contributed by atoms with Crippen LogP contribution >= 0.6 is 0 Å². The van der Waals surface area contributed by atoms with Gasteiger partial charge in [-0.1, -0.05) is 5.16 Å². The molecule has 1 N–H and O–H groups in total. The summed E-state index contributed by atoms with van der Waals surface area (Å²) in [5, 5.41) is 5.52. The third kappa shape index (κ3) is 2.20.